The van der Waals surface area contributed by atoms with Gasteiger partial charge in [-0.25, -0.2) is 35.6 Å². The minimum Gasteiger partial charge on any atom is -0.378 e. The van der Waals surface area contributed by atoms with Crippen molar-refractivity contribution in [3.8, 4) is 29.0 Å². The normalized spacial score (nSPS) is 22.4. The van der Waals surface area contributed by atoms with E-state index in [0.717, 1.165) is 18.4 Å². The fourth-order valence-electron chi connectivity index (χ4n) is 8.47. The summed E-state index contributed by atoms with van der Waals surface area (Å²) in [5, 5.41) is 28.5. The highest BCUT2D eigenvalue weighted by Crippen LogP contribution is 2.68. The number of rotatable bonds is 10. The number of hydrogen-bond acceptors (Lipinski definition) is 8. The number of nitrogens with zero attached hydrogens (tertiary/aromatic N) is 6. The molecule has 0 bridgehead atoms. The van der Waals surface area contributed by atoms with Crippen LogP contribution >= 0.6 is 11.6 Å². The fourth-order valence-corrected chi connectivity index (χ4v) is 9.21. The lowest BCUT2D eigenvalue weighted by molar-refractivity contribution is -0.122. The molecule has 8 rings (SSSR count). The van der Waals surface area contributed by atoms with Crippen molar-refractivity contribution in [2.24, 2.45) is 24.6 Å². The first kappa shape index (κ1) is 40.2. The highest BCUT2D eigenvalue weighted by atomic mass is 35.5. The average Bonchev–Trinajstić information content (AvgIpc) is 3.66. The number of amides is 1. The number of fused-ring (bicyclic) bond motifs is 4. The number of nitriles is 1. The predicted molar refractivity (Wildman–Crippen MR) is 201 cm³/mol. The molecule has 1 unspecified atom stereocenters. The van der Waals surface area contributed by atoms with E-state index in [4.69, 9.17) is 22.3 Å². The molecule has 2 aromatic carbocycles. The molecule has 0 saturated heterocycles. The molecular formula is C39H31ClF6N8O4S. The molecule has 3 aromatic heterocycles. The van der Waals surface area contributed by atoms with E-state index in [9.17, 15) is 41.1 Å². The molecule has 4 N–H and O–H groups in total. The number of halogens is 7. The van der Waals surface area contributed by atoms with E-state index in [0.29, 0.717) is 10.7 Å². The first-order chi connectivity index (χ1) is 27.7. The highest BCUT2D eigenvalue weighted by Gasteiger charge is 2.67. The van der Waals surface area contributed by atoms with Crippen molar-refractivity contribution in [3.05, 3.63) is 93.0 Å². The molecule has 4 atom stereocenters. The minimum atomic E-state index is -3.90. The van der Waals surface area contributed by atoms with Crippen LogP contribution in [0, 0.1) is 46.6 Å². The zero-order valence-corrected chi connectivity index (χ0v) is 32.4. The molecule has 20 heteroatoms. The molecule has 2 fully saturated rings. The molecule has 0 radical (unpaired) electrons. The molecule has 306 valence electrons. The Hall–Kier alpha value is -5.63. The molecular weight excluding hydrogens is 826 g/mol. The van der Waals surface area contributed by atoms with Gasteiger partial charge in [0, 0.05) is 54.5 Å². The van der Waals surface area contributed by atoms with Crippen molar-refractivity contribution < 1.29 is 44.7 Å². The molecule has 59 heavy (non-hydrogen) atoms. The van der Waals surface area contributed by atoms with Gasteiger partial charge in [-0.2, -0.15) is 24.2 Å². The number of primary amides is 1. The Bertz CT molecular complexity index is 2800. The summed E-state index contributed by atoms with van der Waals surface area (Å²) in [6.45, 7) is 0. The third-order valence-corrected chi connectivity index (χ3v) is 11.9. The van der Waals surface area contributed by atoms with Gasteiger partial charge < -0.3 is 10.8 Å². The Balaban J connectivity index is 1.41. The van der Waals surface area contributed by atoms with Crippen molar-refractivity contribution >= 4 is 44.3 Å². The predicted octanol–water partition coefficient (Wildman–Crippen LogP) is 6.35. The van der Waals surface area contributed by atoms with E-state index in [1.165, 1.54) is 36.0 Å². The number of carbonyl (C=O) groups excluding carboxylic acids is 1. The number of aryl methyl sites for hydroxylation is 1. The maximum Gasteiger partial charge on any atom is 0.293 e. The number of anilines is 1. The third kappa shape index (κ3) is 7.04. The Morgan fingerprint density at radius 2 is 1.78 bits per heavy atom. The summed E-state index contributed by atoms with van der Waals surface area (Å²) in [4.78, 5) is 18.6. The van der Waals surface area contributed by atoms with E-state index in [1.54, 1.807) is 0 Å². The number of carbonyl (C=O) groups is 1. The molecule has 3 aliphatic rings. The van der Waals surface area contributed by atoms with Crippen LogP contribution in [0.4, 0.5) is 32.2 Å². The van der Waals surface area contributed by atoms with Crippen molar-refractivity contribution in [1.82, 2.24) is 24.5 Å². The summed E-state index contributed by atoms with van der Waals surface area (Å²) >= 11 is 6.61. The van der Waals surface area contributed by atoms with Gasteiger partial charge >= 0.3 is 0 Å². The topological polar surface area (TPSA) is 182 Å². The molecule has 3 heterocycles. The van der Waals surface area contributed by atoms with Gasteiger partial charge in [0.05, 0.1) is 39.9 Å². The van der Waals surface area contributed by atoms with Crippen LogP contribution in [0.3, 0.4) is 0 Å². The maximum atomic E-state index is 16.1. The number of sulfonamides is 1. The lowest BCUT2D eigenvalue weighted by Gasteiger charge is -2.35. The Morgan fingerprint density at radius 1 is 1.10 bits per heavy atom. The number of aliphatic hydroxyl groups is 1. The van der Waals surface area contributed by atoms with Gasteiger partial charge in [-0.15, -0.1) is 0 Å². The van der Waals surface area contributed by atoms with Gasteiger partial charge in [0.1, 0.15) is 40.4 Å². The van der Waals surface area contributed by atoms with Gasteiger partial charge in [0.15, 0.2) is 5.82 Å². The van der Waals surface area contributed by atoms with Crippen molar-refractivity contribution in [2.75, 3.05) is 11.0 Å². The van der Waals surface area contributed by atoms with E-state index in [-0.39, 0.29) is 69.1 Å². The van der Waals surface area contributed by atoms with Crippen LogP contribution in [0.1, 0.15) is 77.5 Å². The molecule has 0 aliphatic heterocycles. The number of nitrogens with one attached hydrogen (secondary N) is 1. The number of hydrogen-bond donors (Lipinski definition) is 3. The van der Waals surface area contributed by atoms with Crippen LogP contribution in [-0.2, 0) is 34.2 Å². The van der Waals surface area contributed by atoms with Crippen LogP contribution < -0.4 is 10.5 Å². The van der Waals surface area contributed by atoms with Gasteiger partial charge in [-0.3, -0.25) is 14.2 Å². The molecule has 2 saturated carbocycles. The van der Waals surface area contributed by atoms with Gasteiger partial charge in [-0.1, -0.05) is 23.6 Å². The van der Waals surface area contributed by atoms with E-state index in [2.05, 4.69) is 26.8 Å². The molecule has 3 aliphatic carbocycles. The summed E-state index contributed by atoms with van der Waals surface area (Å²) in [6, 6.07) is 8.24. The van der Waals surface area contributed by atoms with Gasteiger partial charge in [-0.05, 0) is 60.6 Å². The number of nitrogens with two attached hydrogens (primary N) is 1. The minimum absolute atomic E-state index is 0.0408. The smallest absolute Gasteiger partial charge is 0.293 e. The second kappa shape index (κ2) is 14.0. The molecule has 1 amide bonds. The zero-order valence-electron chi connectivity index (χ0n) is 30.8. The monoisotopic (exact) mass is 856 g/mol. The van der Waals surface area contributed by atoms with E-state index < -0.39 is 98.6 Å². The summed E-state index contributed by atoms with van der Waals surface area (Å²) < 4.78 is 120. The van der Waals surface area contributed by atoms with Crippen LogP contribution in [0.2, 0.25) is 5.02 Å². The first-order valence-corrected chi connectivity index (χ1v) is 20.3. The maximum absolute atomic E-state index is 16.1. The van der Waals surface area contributed by atoms with Crippen molar-refractivity contribution in [2.45, 2.75) is 61.5 Å². The average molecular weight is 857 g/mol. The Kier molecular flexibility index (Phi) is 9.53. The van der Waals surface area contributed by atoms with Crippen LogP contribution in [0.25, 0.3) is 22.0 Å². The lowest BCUT2D eigenvalue weighted by atomic mass is 9.72. The number of alkyl halides is 4. The second-order valence-electron chi connectivity index (χ2n) is 15.2. The summed E-state index contributed by atoms with van der Waals surface area (Å²) in [6.07, 6.45) is -2.99. The standard InChI is InChI=1S/C39H31ClF6N8O4S/c1-53-32-23(5-6-27(40)29(32)37(51-53)52-59(2,57)58)22-4-3-21(7-8-38(56)14-18(15-38)16-47)49-30(22)25(11-17-9-19(41)12-20(42)10-17)33(36(48)55)54-34-28(31(50-54)35(43)44)24-13-26(24)39(34,45)46/h3-6,9-10,12,18,24-26,33,35,56H,11,13-15H2,1-2H3,(H2,48,55)(H,51,52)/t18?,24-,25+,26+,33?,38?/m0/s1. The third-order valence-electron chi connectivity index (χ3n) is 11.0. The zero-order chi connectivity index (χ0) is 42.5. The summed E-state index contributed by atoms with van der Waals surface area (Å²) in [5.41, 5.74) is 2.40. The molecule has 0 spiro atoms. The van der Waals surface area contributed by atoms with Gasteiger partial charge in [0.2, 0.25) is 15.9 Å². The van der Waals surface area contributed by atoms with Crippen LogP contribution in [0.5, 0.6) is 0 Å². The first-order valence-electron chi connectivity index (χ1n) is 18.0. The van der Waals surface area contributed by atoms with Gasteiger partial charge in [0.25, 0.3) is 12.3 Å². The Morgan fingerprint density at radius 3 is 2.41 bits per heavy atom. The number of pyridine rings is 1. The fraction of sp³-hybridized carbons (Fsp3) is 0.359. The van der Waals surface area contributed by atoms with Crippen molar-refractivity contribution in [3.63, 3.8) is 0 Å². The summed E-state index contributed by atoms with van der Waals surface area (Å²) in [7, 11) is -2.42. The summed E-state index contributed by atoms with van der Waals surface area (Å²) in [5.74, 6) is -6.15. The van der Waals surface area contributed by atoms with Crippen LogP contribution in [0.15, 0.2) is 42.5 Å². The molecule has 12 nitrogen and oxygen atoms in total. The number of aromatic nitrogens is 5. The Labute approximate surface area is 337 Å². The lowest BCUT2D eigenvalue weighted by Crippen LogP contribution is -2.41. The number of benzene rings is 2. The molecule has 5 aromatic rings. The SMILES string of the molecule is Cn1nc(NS(C)(=O)=O)c2c(Cl)ccc(-c3ccc(C#CC4(O)CC(C#N)C4)nc3[C@@H](Cc3cc(F)cc(F)c3)C(C(N)=O)n3nc(C(F)F)c4c3C(F)(F)[C@@H]3C[C@H]43)c21. The van der Waals surface area contributed by atoms with E-state index in [1.807, 2.05) is 6.07 Å². The largest absolute Gasteiger partial charge is 0.378 e. The quantitative estimate of drug-likeness (QED) is 0.107. The highest BCUT2D eigenvalue weighted by molar-refractivity contribution is 7.92. The van der Waals surface area contributed by atoms with Crippen molar-refractivity contribution in [1.29, 1.82) is 5.26 Å². The second-order valence-corrected chi connectivity index (χ2v) is 17.4. The van der Waals surface area contributed by atoms with Crippen LogP contribution in [-0.4, -0.2) is 55.8 Å². The van der Waals surface area contributed by atoms with E-state index >= 15 is 8.78 Å².